The van der Waals surface area contributed by atoms with E-state index in [1.54, 1.807) is 0 Å². The lowest BCUT2D eigenvalue weighted by Crippen LogP contribution is -2.11. The summed E-state index contributed by atoms with van der Waals surface area (Å²) in [5.74, 6) is 0. The summed E-state index contributed by atoms with van der Waals surface area (Å²) in [6.07, 6.45) is 2.01. The zero-order valence-electron chi connectivity index (χ0n) is 6.09. The SMILES string of the molecule is C=CC[SiH2]c1ccccc1. The molecule has 1 aromatic carbocycles. The molecule has 10 heavy (non-hydrogen) atoms. The molecule has 1 heteroatoms. The van der Waals surface area contributed by atoms with Gasteiger partial charge in [-0.2, -0.15) is 0 Å². The number of rotatable bonds is 3. The third-order valence-electron chi connectivity index (χ3n) is 1.48. The van der Waals surface area contributed by atoms with E-state index in [9.17, 15) is 0 Å². The Balaban J connectivity index is 2.50. The summed E-state index contributed by atoms with van der Waals surface area (Å²) in [4.78, 5) is 0. The van der Waals surface area contributed by atoms with Gasteiger partial charge >= 0.3 is 0 Å². The Labute approximate surface area is 64.4 Å². The fourth-order valence-corrected chi connectivity index (χ4v) is 2.06. The molecule has 0 saturated carbocycles. The second kappa shape index (κ2) is 4.07. The topological polar surface area (TPSA) is 0 Å². The predicted octanol–water partition coefficient (Wildman–Crippen LogP) is 1.08. The second-order valence-corrected chi connectivity index (χ2v) is 4.21. The Bertz CT molecular complexity index is 191. The van der Waals surface area contributed by atoms with E-state index < -0.39 is 0 Å². The zero-order valence-corrected chi connectivity index (χ0v) is 7.50. The summed E-state index contributed by atoms with van der Waals surface area (Å²) in [7, 11) is -0.0295. The van der Waals surface area contributed by atoms with Crippen LogP contribution >= 0.6 is 0 Å². The highest BCUT2D eigenvalue weighted by atomic mass is 28.2. The average molecular weight is 148 g/mol. The van der Waals surface area contributed by atoms with Crippen molar-refractivity contribution in [2.24, 2.45) is 0 Å². The summed E-state index contributed by atoms with van der Waals surface area (Å²) in [5, 5.41) is 1.53. The Hall–Kier alpha value is -0.823. The van der Waals surface area contributed by atoms with Crippen LogP contribution in [0.5, 0.6) is 0 Å². The van der Waals surface area contributed by atoms with Crippen molar-refractivity contribution >= 4 is 14.7 Å². The molecule has 0 bridgehead atoms. The molecule has 0 N–H and O–H groups in total. The second-order valence-electron chi connectivity index (χ2n) is 2.31. The van der Waals surface area contributed by atoms with Crippen LogP contribution in [0.25, 0.3) is 0 Å². The standard InChI is InChI=1S/C9H12Si/c1-2-8-10-9-6-4-3-5-7-9/h2-7H,1,8,10H2. The summed E-state index contributed by atoms with van der Waals surface area (Å²) >= 11 is 0. The maximum Gasteiger partial charge on any atom is 0.0584 e. The van der Waals surface area contributed by atoms with Crippen molar-refractivity contribution in [3.8, 4) is 0 Å². The third-order valence-corrected chi connectivity index (χ3v) is 3.23. The van der Waals surface area contributed by atoms with E-state index in [0.29, 0.717) is 0 Å². The van der Waals surface area contributed by atoms with E-state index in [-0.39, 0.29) is 9.52 Å². The summed E-state index contributed by atoms with van der Waals surface area (Å²) in [6, 6.07) is 11.9. The van der Waals surface area contributed by atoms with Crippen molar-refractivity contribution in [2.45, 2.75) is 6.04 Å². The summed E-state index contributed by atoms with van der Waals surface area (Å²) < 4.78 is 0. The van der Waals surface area contributed by atoms with Crippen molar-refractivity contribution in [3.63, 3.8) is 0 Å². The highest BCUT2D eigenvalue weighted by molar-refractivity contribution is 6.53. The van der Waals surface area contributed by atoms with E-state index in [4.69, 9.17) is 0 Å². The van der Waals surface area contributed by atoms with Crippen molar-refractivity contribution in [3.05, 3.63) is 43.0 Å². The van der Waals surface area contributed by atoms with Gasteiger partial charge in [-0.25, -0.2) is 0 Å². The van der Waals surface area contributed by atoms with Crippen LogP contribution in [0.3, 0.4) is 0 Å². The lowest BCUT2D eigenvalue weighted by atomic mass is 10.4. The van der Waals surface area contributed by atoms with Crippen LogP contribution in [0.1, 0.15) is 0 Å². The van der Waals surface area contributed by atoms with Gasteiger partial charge in [0.15, 0.2) is 0 Å². The normalized spacial score (nSPS) is 10.4. The molecule has 0 amide bonds. The van der Waals surface area contributed by atoms with E-state index in [1.165, 1.54) is 11.2 Å². The highest BCUT2D eigenvalue weighted by Crippen LogP contribution is 1.84. The molecule has 0 aliphatic heterocycles. The van der Waals surface area contributed by atoms with Crippen LogP contribution in [0.15, 0.2) is 43.0 Å². The fourth-order valence-electron chi connectivity index (χ4n) is 0.913. The minimum absolute atomic E-state index is 0.0295. The van der Waals surface area contributed by atoms with E-state index >= 15 is 0 Å². The van der Waals surface area contributed by atoms with E-state index in [1.807, 2.05) is 6.08 Å². The third kappa shape index (κ3) is 2.19. The van der Waals surface area contributed by atoms with Gasteiger partial charge in [-0.3, -0.25) is 0 Å². The molecule has 52 valence electrons. The molecule has 0 nitrogen and oxygen atoms in total. The number of benzene rings is 1. The first kappa shape index (κ1) is 7.29. The van der Waals surface area contributed by atoms with Crippen molar-refractivity contribution < 1.29 is 0 Å². The average Bonchev–Trinajstić information content (AvgIpc) is 2.03. The molecule has 0 unspecified atom stereocenters. The lowest BCUT2D eigenvalue weighted by Gasteiger charge is -1.93. The van der Waals surface area contributed by atoms with E-state index in [2.05, 4.69) is 36.9 Å². The number of hydrogen-bond donors (Lipinski definition) is 0. The smallest absolute Gasteiger partial charge is 0.0584 e. The maximum absolute atomic E-state index is 3.71. The molecular formula is C9H12Si. The molecule has 0 fully saturated rings. The van der Waals surface area contributed by atoms with Gasteiger partial charge in [-0.05, 0) is 6.04 Å². The van der Waals surface area contributed by atoms with Gasteiger partial charge in [0.2, 0.25) is 0 Å². The minimum atomic E-state index is -0.0295. The molecule has 0 spiro atoms. The van der Waals surface area contributed by atoms with Crippen molar-refractivity contribution in [1.29, 1.82) is 0 Å². The Morgan fingerprint density at radius 2 is 2.00 bits per heavy atom. The van der Waals surface area contributed by atoms with Gasteiger partial charge in [-0.15, -0.1) is 6.58 Å². The monoisotopic (exact) mass is 148 g/mol. The molecular weight excluding hydrogens is 136 g/mol. The van der Waals surface area contributed by atoms with Crippen LogP contribution < -0.4 is 5.19 Å². The van der Waals surface area contributed by atoms with Crippen LogP contribution in [0, 0.1) is 0 Å². The van der Waals surface area contributed by atoms with Crippen molar-refractivity contribution in [1.82, 2.24) is 0 Å². The summed E-state index contributed by atoms with van der Waals surface area (Å²) in [6.45, 7) is 3.71. The largest absolute Gasteiger partial charge is 0.103 e. The maximum atomic E-state index is 3.71. The van der Waals surface area contributed by atoms with Gasteiger partial charge < -0.3 is 0 Å². The van der Waals surface area contributed by atoms with Crippen LogP contribution in [0.2, 0.25) is 6.04 Å². The summed E-state index contributed by atoms with van der Waals surface area (Å²) in [5.41, 5.74) is 0. The predicted molar refractivity (Wildman–Crippen MR) is 49.6 cm³/mol. The Kier molecular flexibility index (Phi) is 2.96. The molecule has 1 rings (SSSR count). The van der Waals surface area contributed by atoms with E-state index in [0.717, 1.165) is 0 Å². The molecule has 0 atom stereocenters. The lowest BCUT2D eigenvalue weighted by molar-refractivity contribution is 1.69. The quantitative estimate of drug-likeness (QED) is 0.444. The van der Waals surface area contributed by atoms with Crippen LogP contribution in [0.4, 0.5) is 0 Å². The number of hydrogen-bond acceptors (Lipinski definition) is 0. The molecule has 0 radical (unpaired) electrons. The molecule has 0 saturated heterocycles. The first-order valence-electron chi connectivity index (χ1n) is 3.58. The first-order chi connectivity index (χ1) is 4.93. The zero-order chi connectivity index (χ0) is 7.23. The Morgan fingerprint density at radius 3 is 2.60 bits per heavy atom. The number of allylic oxidation sites excluding steroid dienone is 1. The Morgan fingerprint density at radius 1 is 1.30 bits per heavy atom. The molecule has 0 aliphatic carbocycles. The molecule has 0 heterocycles. The van der Waals surface area contributed by atoms with Gasteiger partial charge in [0.05, 0.1) is 9.52 Å². The van der Waals surface area contributed by atoms with Gasteiger partial charge in [0.1, 0.15) is 0 Å². The molecule has 0 aliphatic rings. The van der Waals surface area contributed by atoms with Crippen LogP contribution in [-0.4, -0.2) is 9.52 Å². The van der Waals surface area contributed by atoms with Crippen LogP contribution in [-0.2, 0) is 0 Å². The van der Waals surface area contributed by atoms with Gasteiger partial charge in [0.25, 0.3) is 0 Å². The van der Waals surface area contributed by atoms with Gasteiger partial charge in [0, 0.05) is 0 Å². The highest BCUT2D eigenvalue weighted by Gasteiger charge is 1.87. The van der Waals surface area contributed by atoms with Gasteiger partial charge in [-0.1, -0.05) is 41.6 Å². The molecule has 1 aromatic rings. The minimum Gasteiger partial charge on any atom is -0.103 e. The van der Waals surface area contributed by atoms with Crippen molar-refractivity contribution in [2.75, 3.05) is 0 Å². The molecule has 0 aromatic heterocycles. The first-order valence-corrected chi connectivity index (χ1v) is 5.29. The fraction of sp³-hybridized carbons (Fsp3) is 0.111.